The third kappa shape index (κ3) is 3.93. The molecule has 0 saturated carbocycles. The summed E-state index contributed by atoms with van der Waals surface area (Å²) in [5.41, 5.74) is 24.7. The molecule has 222 valence electrons. The van der Waals surface area contributed by atoms with Gasteiger partial charge in [-0.3, -0.25) is 4.99 Å². The molecule has 0 amide bonds. The Hall–Kier alpha value is -3.99. The zero-order valence-electron chi connectivity index (χ0n) is 28.4. The first-order chi connectivity index (χ1) is 20.2. The van der Waals surface area contributed by atoms with Gasteiger partial charge < -0.3 is 9.97 Å². The highest BCUT2D eigenvalue weighted by Crippen LogP contribution is 2.41. The molecule has 0 aromatic carbocycles. The van der Waals surface area contributed by atoms with Crippen molar-refractivity contribution in [2.24, 2.45) is 15.0 Å². The molecule has 2 aromatic heterocycles. The van der Waals surface area contributed by atoms with Crippen LogP contribution in [-0.2, 0) is 0 Å². The molecule has 2 N–H and O–H groups in total. The Kier molecular flexibility index (Phi) is 6.61. The molecule has 2 aromatic rings. The van der Waals surface area contributed by atoms with Gasteiger partial charge in [0.15, 0.2) is 0 Å². The van der Waals surface area contributed by atoms with Gasteiger partial charge in [0.25, 0.3) is 0 Å². The van der Waals surface area contributed by atoms with Gasteiger partial charge in [0.1, 0.15) is 6.04 Å². The van der Waals surface area contributed by atoms with Crippen LogP contribution >= 0.6 is 0 Å². The number of aromatic nitrogens is 2. The molecule has 4 aliphatic rings. The van der Waals surface area contributed by atoms with Gasteiger partial charge in [0, 0.05) is 33.2 Å². The van der Waals surface area contributed by atoms with Crippen LogP contribution in [0.2, 0.25) is 0 Å². The molecule has 43 heavy (non-hydrogen) atoms. The van der Waals surface area contributed by atoms with Gasteiger partial charge in [-0.15, -0.1) is 0 Å². The van der Waals surface area contributed by atoms with Crippen molar-refractivity contribution in [2.45, 2.75) is 103 Å². The number of hydrogen-bond donors (Lipinski definition) is 2. The summed E-state index contributed by atoms with van der Waals surface area (Å²) >= 11 is 0. The van der Waals surface area contributed by atoms with E-state index in [0.717, 1.165) is 45.0 Å². The number of nitrogens with zero attached hydrogens (tertiary/aromatic N) is 3. The van der Waals surface area contributed by atoms with E-state index in [0.29, 0.717) is 0 Å². The Morgan fingerprint density at radius 2 is 0.907 bits per heavy atom. The second kappa shape index (κ2) is 9.77. The summed E-state index contributed by atoms with van der Waals surface area (Å²) in [4.78, 5) is 23.7. The lowest BCUT2D eigenvalue weighted by Crippen LogP contribution is -2.19. The van der Waals surface area contributed by atoms with E-state index in [-0.39, 0.29) is 6.04 Å². The van der Waals surface area contributed by atoms with Gasteiger partial charge in [-0.2, -0.15) is 0 Å². The Labute approximate surface area is 256 Å². The lowest BCUT2D eigenvalue weighted by molar-refractivity contribution is 0.824. The maximum atomic E-state index is 5.39. The molecule has 0 fully saturated rings. The fourth-order valence-corrected chi connectivity index (χ4v) is 7.37. The van der Waals surface area contributed by atoms with E-state index >= 15 is 0 Å². The SMILES string of the molecule is CC1=C(C)/C2=C(\C)C3=N/C(=C(/C)C4=NC(C(C)=C4C)c4[nH]c(c(C)c4C)/C(C)=c4\[nH]c(c(C)c4C)=C(C)C1=N2)C(C)=C3C. The molecule has 0 radical (unpaired) electrons. The molecule has 5 nitrogen and oxygen atoms in total. The predicted octanol–water partition coefficient (Wildman–Crippen LogP) is 7.94. The van der Waals surface area contributed by atoms with Gasteiger partial charge in [-0.05, 0) is 164 Å². The Morgan fingerprint density at radius 1 is 0.419 bits per heavy atom. The molecule has 6 heterocycles. The summed E-state index contributed by atoms with van der Waals surface area (Å²) in [6.45, 7) is 30.9. The molecular formula is C38H45N5. The van der Waals surface area contributed by atoms with E-state index in [2.05, 4.69) is 107 Å². The summed E-state index contributed by atoms with van der Waals surface area (Å²) in [5, 5.41) is 2.33. The minimum Gasteiger partial charge on any atom is -0.356 e. The second-order valence-electron chi connectivity index (χ2n) is 13.1. The van der Waals surface area contributed by atoms with Gasteiger partial charge in [0.2, 0.25) is 0 Å². The molecule has 1 unspecified atom stereocenters. The standard InChI is InChI=1S/C38H45N5/c1-15-16(2)30-26(12)32-18(4)20(6)34(41-32)28(14)36-22(8)24(10)38(43-36)37-23(9)21(7)35(42-37)27(13)33-19(5)17(3)31(40-33)25(11)29(15)39-30/h37,41,43H,1-14H3/b29-25-,32-26?,33-27-,34-28-. The topological polar surface area (TPSA) is 68.7 Å². The highest BCUT2D eigenvalue weighted by atomic mass is 14.9. The van der Waals surface area contributed by atoms with Crippen molar-refractivity contribution in [1.29, 1.82) is 0 Å². The van der Waals surface area contributed by atoms with E-state index in [1.54, 1.807) is 0 Å². The van der Waals surface area contributed by atoms with Crippen molar-refractivity contribution in [3.8, 4) is 0 Å². The van der Waals surface area contributed by atoms with Crippen LogP contribution in [0.3, 0.4) is 0 Å². The number of H-pyrrole nitrogens is 2. The highest BCUT2D eigenvalue weighted by molar-refractivity contribution is 6.29. The summed E-state index contributed by atoms with van der Waals surface area (Å²) in [6.07, 6.45) is 0. The smallest absolute Gasteiger partial charge is 0.112 e. The molecule has 10 bridgehead atoms. The lowest BCUT2D eigenvalue weighted by Gasteiger charge is -2.10. The maximum absolute atomic E-state index is 5.39. The zero-order valence-corrected chi connectivity index (χ0v) is 28.4. The van der Waals surface area contributed by atoms with E-state index < -0.39 is 0 Å². The molecular weight excluding hydrogens is 526 g/mol. The van der Waals surface area contributed by atoms with Crippen LogP contribution in [0.1, 0.15) is 109 Å². The number of allylic oxidation sites excluding steroid dienone is 7. The second-order valence-corrected chi connectivity index (χ2v) is 13.1. The van der Waals surface area contributed by atoms with Gasteiger partial charge >= 0.3 is 0 Å². The normalized spacial score (nSPS) is 25.5. The van der Waals surface area contributed by atoms with Crippen molar-refractivity contribution in [3.63, 3.8) is 0 Å². The van der Waals surface area contributed by atoms with Crippen molar-refractivity contribution in [1.82, 2.24) is 9.97 Å². The number of nitrogens with one attached hydrogen (secondary N) is 2. The monoisotopic (exact) mass is 571 g/mol. The first-order valence-corrected chi connectivity index (χ1v) is 15.5. The molecule has 0 spiro atoms. The quantitative estimate of drug-likeness (QED) is 0.322. The largest absolute Gasteiger partial charge is 0.356 e. The zero-order chi connectivity index (χ0) is 31.4. The minimum absolute atomic E-state index is 0.0358. The third-order valence-electron chi connectivity index (χ3n) is 10.9. The number of rotatable bonds is 0. The van der Waals surface area contributed by atoms with Crippen LogP contribution in [0.25, 0.3) is 11.1 Å². The van der Waals surface area contributed by atoms with E-state index in [9.17, 15) is 0 Å². The fraction of sp³-hybridized carbons (Fsp3) is 0.395. The predicted molar refractivity (Wildman–Crippen MR) is 183 cm³/mol. The number of aromatic amines is 2. The van der Waals surface area contributed by atoms with Gasteiger partial charge in [-0.1, -0.05) is 0 Å². The van der Waals surface area contributed by atoms with Crippen molar-refractivity contribution in [2.75, 3.05) is 0 Å². The third-order valence-corrected chi connectivity index (χ3v) is 10.9. The van der Waals surface area contributed by atoms with Crippen LogP contribution in [0.5, 0.6) is 0 Å². The van der Waals surface area contributed by atoms with E-state index in [1.165, 1.54) is 83.6 Å². The summed E-state index contributed by atoms with van der Waals surface area (Å²) < 4.78 is 0. The number of fused-ring (bicyclic) bond motifs is 8. The van der Waals surface area contributed by atoms with E-state index in [1.807, 2.05) is 0 Å². The molecule has 0 saturated heterocycles. The highest BCUT2D eigenvalue weighted by Gasteiger charge is 2.32. The van der Waals surface area contributed by atoms with Crippen LogP contribution in [0, 0.1) is 27.7 Å². The maximum Gasteiger partial charge on any atom is 0.112 e. The number of aliphatic imine (C=N–C) groups is 3. The van der Waals surface area contributed by atoms with Gasteiger partial charge in [0.05, 0.1) is 28.5 Å². The Balaban J connectivity index is 1.77. The lowest BCUT2D eigenvalue weighted by atomic mass is 9.95. The fourth-order valence-electron chi connectivity index (χ4n) is 7.37. The summed E-state index contributed by atoms with van der Waals surface area (Å²) in [7, 11) is 0. The van der Waals surface area contributed by atoms with Crippen molar-refractivity contribution >= 4 is 28.3 Å². The Morgan fingerprint density at radius 3 is 1.47 bits per heavy atom. The first kappa shape index (κ1) is 29.1. The first-order valence-electron chi connectivity index (χ1n) is 15.5. The average molecular weight is 572 g/mol. The van der Waals surface area contributed by atoms with Crippen LogP contribution in [0.4, 0.5) is 0 Å². The van der Waals surface area contributed by atoms with Crippen molar-refractivity contribution < 1.29 is 0 Å². The van der Waals surface area contributed by atoms with Crippen LogP contribution in [0.15, 0.2) is 71.0 Å². The molecule has 0 aliphatic carbocycles. The Bertz CT molecular complexity index is 2080. The molecule has 6 rings (SSSR count). The average Bonchev–Trinajstić information content (AvgIpc) is 3.72. The minimum atomic E-state index is -0.0358. The summed E-state index contributed by atoms with van der Waals surface area (Å²) in [5.74, 6) is 0. The molecule has 1 atom stereocenters. The number of hydrogen-bond acceptors (Lipinski definition) is 3. The van der Waals surface area contributed by atoms with Crippen molar-refractivity contribution in [3.05, 3.63) is 100 Å². The van der Waals surface area contributed by atoms with Crippen LogP contribution in [-0.4, -0.2) is 27.1 Å². The molecule has 5 heteroatoms. The van der Waals surface area contributed by atoms with Crippen LogP contribution < -0.4 is 10.7 Å². The molecule has 4 aliphatic heterocycles. The summed E-state index contributed by atoms with van der Waals surface area (Å²) in [6, 6.07) is -0.0358. The van der Waals surface area contributed by atoms with Gasteiger partial charge in [-0.25, -0.2) is 9.98 Å². The van der Waals surface area contributed by atoms with E-state index in [4.69, 9.17) is 15.0 Å².